The number of aromatic nitrogens is 2. The molecule has 2 aromatic rings. The Kier molecular flexibility index (Phi) is 7.45. The Morgan fingerprint density at radius 1 is 1.07 bits per heavy atom. The molecule has 0 spiro atoms. The Morgan fingerprint density at radius 2 is 1.73 bits per heavy atom. The molecule has 0 radical (unpaired) electrons. The number of hydrogen-bond acceptors (Lipinski definition) is 6. The molecule has 1 aliphatic heterocycles. The maximum absolute atomic E-state index is 12.2. The molecule has 1 fully saturated rings. The van der Waals surface area contributed by atoms with E-state index in [4.69, 9.17) is 0 Å². The maximum Gasteiger partial charge on any atom is 0.422 e. The SMILES string of the molecule is O=C(NCCCN1CCN(c2ncccn2)CC1)c1ccc(OCC(F)(F)F)cc1. The molecule has 1 saturated heterocycles. The number of rotatable bonds is 8. The molecule has 10 heteroatoms. The first-order chi connectivity index (χ1) is 14.4. The largest absolute Gasteiger partial charge is 0.484 e. The third-order valence-electron chi connectivity index (χ3n) is 4.66. The van der Waals surface area contributed by atoms with E-state index in [2.05, 4.69) is 29.8 Å². The number of nitrogens with zero attached hydrogens (tertiary/aromatic N) is 4. The molecular formula is C20H24F3N5O2. The van der Waals surface area contributed by atoms with Crippen LogP contribution in [0, 0.1) is 0 Å². The number of piperazine rings is 1. The van der Waals surface area contributed by atoms with E-state index in [-0.39, 0.29) is 11.7 Å². The van der Waals surface area contributed by atoms with E-state index in [1.165, 1.54) is 24.3 Å². The van der Waals surface area contributed by atoms with Crippen molar-refractivity contribution >= 4 is 11.9 Å². The smallest absolute Gasteiger partial charge is 0.422 e. The zero-order valence-corrected chi connectivity index (χ0v) is 16.4. The van der Waals surface area contributed by atoms with Gasteiger partial charge in [0.2, 0.25) is 5.95 Å². The van der Waals surface area contributed by atoms with Gasteiger partial charge in [0.05, 0.1) is 0 Å². The number of halogens is 3. The van der Waals surface area contributed by atoms with Crippen molar-refractivity contribution in [1.29, 1.82) is 0 Å². The summed E-state index contributed by atoms with van der Waals surface area (Å²) < 4.78 is 41.1. The van der Waals surface area contributed by atoms with Gasteiger partial charge in [-0.3, -0.25) is 9.69 Å². The Hall–Kier alpha value is -2.88. The molecule has 1 amide bonds. The highest BCUT2D eigenvalue weighted by atomic mass is 19.4. The van der Waals surface area contributed by atoms with Crippen molar-refractivity contribution in [2.45, 2.75) is 12.6 Å². The van der Waals surface area contributed by atoms with E-state index in [1.807, 2.05) is 0 Å². The van der Waals surface area contributed by atoms with Crippen LogP contribution in [0.2, 0.25) is 0 Å². The number of carbonyl (C=O) groups is 1. The number of carbonyl (C=O) groups excluding carboxylic acids is 1. The van der Waals surface area contributed by atoms with Crippen LogP contribution < -0.4 is 15.0 Å². The number of ether oxygens (including phenoxy) is 1. The molecule has 7 nitrogen and oxygen atoms in total. The van der Waals surface area contributed by atoms with E-state index in [9.17, 15) is 18.0 Å². The van der Waals surface area contributed by atoms with Gasteiger partial charge in [0.25, 0.3) is 5.91 Å². The first-order valence-electron chi connectivity index (χ1n) is 9.73. The summed E-state index contributed by atoms with van der Waals surface area (Å²) in [6.45, 7) is 3.57. The molecule has 162 valence electrons. The molecule has 0 unspecified atom stereocenters. The van der Waals surface area contributed by atoms with Gasteiger partial charge in [-0.15, -0.1) is 0 Å². The first kappa shape index (κ1) is 21.8. The summed E-state index contributed by atoms with van der Waals surface area (Å²) in [5.74, 6) is 0.562. The van der Waals surface area contributed by atoms with Gasteiger partial charge in [-0.2, -0.15) is 13.2 Å². The predicted octanol–water partition coefficient (Wildman–Crippen LogP) is 2.36. The summed E-state index contributed by atoms with van der Waals surface area (Å²) >= 11 is 0. The summed E-state index contributed by atoms with van der Waals surface area (Å²) in [7, 11) is 0. The van der Waals surface area contributed by atoms with E-state index in [0.717, 1.165) is 45.1 Å². The lowest BCUT2D eigenvalue weighted by Gasteiger charge is -2.34. The first-order valence-corrected chi connectivity index (χ1v) is 9.73. The lowest BCUT2D eigenvalue weighted by atomic mass is 10.2. The fraction of sp³-hybridized carbons (Fsp3) is 0.450. The zero-order chi connectivity index (χ0) is 21.4. The molecule has 0 atom stereocenters. The summed E-state index contributed by atoms with van der Waals surface area (Å²) in [5.41, 5.74) is 0.380. The highest BCUT2D eigenvalue weighted by molar-refractivity contribution is 5.94. The van der Waals surface area contributed by atoms with Crippen molar-refractivity contribution in [1.82, 2.24) is 20.2 Å². The molecule has 0 saturated carbocycles. The molecular weight excluding hydrogens is 399 g/mol. The van der Waals surface area contributed by atoms with Gasteiger partial charge in [-0.25, -0.2) is 9.97 Å². The standard InChI is InChI=1S/C20H24F3N5O2/c21-20(22,23)15-30-17-5-3-16(4-6-17)18(29)24-9-2-10-27-11-13-28(14-12-27)19-25-7-1-8-26-19/h1,3-8H,2,9-15H2,(H,24,29). The van der Waals surface area contributed by atoms with Crippen molar-refractivity contribution in [2.75, 3.05) is 50.8 Å². The topological polar surface area (TPSA) is 70.6 Å². The molecule has 0 bridgehead atoms. The Labute approximate surface area is 172 Å². The van der Waals surface area contributed by atoms with Crippen LogP contribution in [0.4, 0.5) is 19.1 Å². The molecule has 1 aliphatic rings. The highest BCUT2D eigenvalue weighted by Gasteiger charge is 2.28. The van der Waals surface area contributed by atoms with E-state index >= 15 is 0 Å². The van der Waals surface area contributed by atoms with Gasteiger partial charge in [-0.1, -0.05) is 0 Å². The maximum atomic E-state index is 12.2. The van der Waals surface area contributed by atoms with Crippen molar-refractivity contribution < 1.29 is 22.7 Å². The molecule has 3 rings (SSSR count). The van der Waals surface area contributed by atoms with Crippen molar-refractivity contribution in [2.24, 2.45) is 0 Å². The quantitative estimate of drug-likeness (QED) is 0.658. The molecule has 0 aliphatic carbocycles. The minimum atomic E-state index is -4.39. The molecule has 1 N–H and O–H groups in total. The third kappa shape index (κ3) is 6.87. The van der Waals surface area contributed by atoms with Crippen LogP contribution in [-0.2, 0) is 0 Å². The monoisotopic (exact) mass is 423 g/mol. The Bertz CT molecular complexity index is 794. The lowest BCUT2D eigenvalue weighted by Crippen LogP contribution is -2.47. The minimum Gasteiger partial charge on any atom is -0.484 e. The second-order valence-electron chi connectivity index (χ2n) is 6.92. The second-order valence-corrected chi connectivity index (χ2v) is 6.92. The molecule has 30 heavy (non-hydrogen) atoms. The number of hydrogen-bond donors (Lipinski definition) is 1. The fourth-order valence-electron chi connectivity index (χ4n) is 3.10. The average molecular weight is 423 g/mol. The number of alkyl halides is 3. The van der Waals surface area contributed by atoms with E-state index in [1.54, 1.807) is 18.5 Å². The number of amides is 1. The Morgan fingerprint density at radius 3 is 2.37 bits per heavy atom. The fourth-order valence-corrected chi connectivity index (χ4v) is 3.10. The highest BCUT2D eigenvalue weighted by Crippen LogP contribution is 2.19. The van der Waals surface area contributed by atoms with Crippen LogP contribution in [0.5, 0.6) is 5.75 Å². The van der Waals surface area contributed by atoms with Crippen molar-refractivity contribution in [3.63, 3.8) is 0 Å². The number of benzene rings is 1. The molecule has 1 aromatic heterocycles. The van der Waals surface area contributed by atoms with Crippen LogP contribution in [0.3, 0.4) is 0 Å². The molecule has 1 aromatic carbocycles. The zero-order valence-electron chi connectivity index (χ0n) is 16.4. The Balaban J connectivity index is 1.32. The van der Waals surface area contributed by atoms with Gasteiger partial charge >= 0.3 is 6.18 Å². The van der Waals surface area contributed by atoms with Gasteiger partial charge < -0.3 is 15.0 Å². The summed E-state index contributed by atoms with van der Waals surface area (Å²) in [6, 6.07) is 7.41. The number of anilines is 1. The van der Waals surface area contributed by atoms with Crippen LogP contribution in [0.25, 0.3) is 0 Å². The number of nitrogens with one attached hydrogen (secondary N) is 1. The van der Waals surface area contributed by atoms with Crippen LogP contribution in [0.1, 0.15) is 16.8 Å². The lowest BCUT2D eigenvalue weighted by molar-refractivity contribution is -0.153. The van der Waals surface area contributed by atoms with Crippen molar-refractivity contribution in [3.8, 4) is 5.75 Å². The van der Waals surface area contributed by atoms with E-state index in [0.29, 0.717) is 12.1 Å². The predicted molar refractivity (Wildman–Crippen MR) is 106 cm³/mol. The normalized spacial score (nSPS) is 15.1. The summed E-state index contributed by atoms with van der Waals surface area (Å²) in [5, 5.41) is 2.83. The van der Waals surface area contributed by atoms with Gasteiger partial charge in [-0.05, 0) is 43.3 Å². The van der Waals surface area contributed by atoms with Gasteiger partial charge in [0.15, 0.2) is 6.61 Å². The second kappa shape index (κ2) is 10.2. The summed E-state index contributed by atoms with van der Waals surface area (Å²) in [6.07, 6.45) is -0.112. The minimum absolute atomic E-state index is 0.0731. The third-order valence-corrected chi connectivity index (χ3v) is 4.66. The average Bonchev–Trinajstić information content (AvgIpc) is 2.76. The van der Waals surface area contributed by atoms with Crippen molar-refractivity contribution in [3.05, 3.63) is 48.3 Å². The molecule has 2 heterocycles. The summed E-state index contributed by atoms with van der Waals surface area (Å²) in [4.78, 5) is 25.2. The van der Waals surface area contributed by atoms with Crippen LogP contribution >= 0.6 is 0 Å². The van der Waals surface area contributed by atoms with Crippen LogP contribution in [0.15, 0.2) is 42.7 Å². The van der Waals surface area contributed by atoms with Crippen LogP contribution in [-0.4, -0.2) is 72.8 Å². The van der Waals surface area contributed by atoms with Gasteiger partial charge in [0.1, 0.15) is 5.75 Å². The van der Waals surface area contributed by atoms with Gasteiger partial charge in [0, 0.05) is 50.7 Å². The van der Waals surface area contributed by atoms with E-state index < -0.39 is 12.8 Å².